The Kier molecular flexibility index (Phi) is 3.76. The summed E-state index contributed by atoms with van der Waals surface area (Å²) in [5.41, 5.74) is 0.272. The Bertz CT molecular complexity index is 566. The van der Waals surface area contributed by atoms with E-state index in [1.54, 1.807) is 0 Å². The van der Waals surface area contributed by atoms with Crippen LogP contribution in [0.15, 0.2) is 0 Å². The number of nitrogens with one attached hydrogen (secondary N) is 1. The normalized spacial score (nSPS) is 42.4. The van der Waals surface area contributed by atoms with E-state index in [0.717, 1.165) is 24.2 Å². The maximum Gasteiger partial charge on any atom is 0.223 e. The average Bonchev–Trinajstić information content (AvgIpc) is 2.82. The fraction of sp³-hybridized carbons (Fsp3) is 0.941. The van der Waals surface area contributed by atoms with Gasteiger partial charge in [0, 0.05) is 25.6 Å². The van der Waals surface area contributed by atoms with Crippen molar-refractivity contribution in [1.82, 2.24) is 9.62 Å². The lowest BCUT2D eigenvalue weighted by Gasteiger charge is -2.56. The van der Waals surface area contributed by atoms with Gasteiger partial charge in [-0.1, -0.05) is 0 Å². The summed E-state index contributed by atoms with van der Waals surface area (Å²) in [6.45, 7) is 1.23. The fourth-order valence-corrected chi connectivity index (χ4v) is 7.12. The van der Waals surface area contributed by atoms with Gasteiger partial charge in [0.15, 0.2) is 0 Å². The third kappa shape index (κ3) is 3.29. The van der Waals surface area contributed by atoms with Crippen LogP contribution in [-0.4, -0.2) is 44.6 Å². The molecule has 130 valence electrons. The van der Waals surface area contributed by atoms with E-state index in [9.17, 15) is 13.2 Å². The van der Waals surface area contributed by atoms with Gasteiger partial charge >= 0.3 is 0 Å². The monoisotopic (exact) mass is 340 g/mol. The van der Waals surface area contributed by atoms with E-state index in [1.807, 2.05) is 4.90 Å². The van der Waals surface area contributed by atoms with Gasteiger partial charge in [-0.3, -0.25) is 4.79 Å². The predicted molar refractivity (Wildman–Crippen MR) is 88.2 cm³/mol. The van der Waals surface area contributed by atoms with Gasteiger partial charge in [-0.05, 0) is 68.1 Å². The average molecular weight is 340 g/mol. The Labute approximate surface area is 139 Å². The van der Waals surface area contributed by atoms with Crippen molar-refractivity contribution in [1.29, 1.82) is 0 Å². The summed E-state index contributed by atoms with van der Waals surface area (Å²) in [6.07, 6.45) is 10.6. The highest BCUT2D eigenvalue weighted by atomic mass is 32.2. The van der Waals surface area contributed by atoms with Crippen LogP contribution >= 0.6 is 0 Å². The Hall–Kier alpha value is -0.620. The molecule has 1 atom stereocenters. The molecule has 1 aliphatic heterocycles. The zero-order chi connectivity index (χ0) is 16.2. The third-order valence-electron chi connectivity index (χ3n) is 6.61. The first-order chi connectivity index (χ1) is 10.8. The molecule has 0 aromatic carbocycles. The van der Waals surface area contributed by atoms with Crippen molar-refractivity contribution in [2.24, 2.45) is 23.2 Å². The van der Waals surface area contributed by atoms with Crippen LogP contribution < -0.4 is 4.72 Å². The van der Waals surface area contributed by atoms with Crippen LogP contribution in [0.5, 0.6) is 0 Å². The summed E-state index contributed by atoms with van der Waals surface area (Å²) >= 11 is 0. The number of carbonyl (C=O) groups is 1. The van der Waals surface area contributed by atoms with Crippen LogP contribution in [-0.2, 0) is 14.8 Å². The lowest BCUT2D eigenvalue weighted by Crippen LogP contribution is -2.48. The molecule has 0 aromatic rings. The van der Waals surface area contributed by atoms with Gasteiger partial charge < -0.3 is 4.90 Å². The molecule has 5 nitrogen and oxygen atoms in total. The quantitative estimate of drug-likeness (QED) is 0.848. The number of sulfonamides is 1. The summed E-state index contributed by atoms with van der Waals surface area (Å²) in [6, 6.07) is -0.106. The minimum Gasteiger partial charge on any atom is -0.341 e. The summed E-state index contributed by atoms with van der Waals surface area (Å²) in [7, 11) is -3.19. The molecule has 6 heteroatoms. The lowest BCUT2D eigenvalue weighted by atomic mass is 9.49. The first-order valence-electron chi connectivity index (χ1n) is 9.05. The molecule has 4 aliphatic carbocycles. The molecule has 5 rings (SSSR count). The first-order valence-corrected chi connectivity index (χ1v) is 10.9. The topological polar surface area (TPSA) is 66.5 Å². The van der Waals surface area contributed by atoms with Crippen molar-refractivity contribution in [2.75, 3.05) is 19.3 Å². The molecule has 1 N–H and O–H groups in total. The van der Waals surface area contributed by atoms with E-state index in [1.165, 1.54) is 44.8 Å². The van der Waals surface area contributed by atoms with Gasteiger partial charge in [0.2, 0.25) is 15.9 Å². The molecule has 23 heavy (non-hydrogen) atoms. The Morgan fingerprint density at radius 3 is 2.22 bits per heavy atom. The van der Waals surface area contributed by atoms with E-state index in [4.69, 9.17) is 0 Å². The molecular weight excluding hydrogens is 312 g/mol. The van der Waals surface area contributed by atoms with Crippen LogP contribution in [0.3, 0.4) is 0 Å². The molecule has 1 amide bonds. The minimum atomic E-state index is -3.19. The molecule has 5 aliphatic rings. The largest absolute Gasteiger partial charge is 0.341 e. The zero-order valence-corrected chi connectivity index (χ0v) is 14.8. The third-order valence-corrected chi connectivity index (χ3v) is 7.37. The number of nitrogens with zero attached hydrogens (tertiary/aromatic N) is 1. The number of rotatable bonds is 4. The van der Waals surface area contributed by atoms with Crippen molar-refractivity contribution < 1.29 is 13.2 Å². The molecule has 5 fully saturated rings. The molecule has 4 saturated carbocycles. The van der Waals surface area contributed by atoms with Crippen molar-refractivity contribution in [3.05, 3.63) is 0 Å². The van der Waals surface area contributed by atoms with Gasteiger partial charge in [0.05, 0.1) is 6.26 Å². The summed E-state index contributed by atoms with van der Waals surface area (Å²) in [5.74, 6) is 2.86. The van der Waals surface area contributed by atoms with Crippen molar-refractivity contribution in [3.8, 4) is 0 Å². The lowest BCUT2D eigenvalue weighted by molar-refractivity contribution is -0.138. The van der Waals surface area contributed by atoms with E-state index in [0.29, 0.717) is 19.5 Å². The summed E-state index contributed by atoms with van der Waals surface area (Å²) in [4.78, 5) is 14.7. The number of hydrogen-bond donors (Lipinski definition) is 1. The second-order valence-corrected chi connectivity index (χ2v) is 10.6. The molecule has 0 radical (unpaired) electrons. The molecule has 0 spiro atoms. The molecule has 0 aromatic heterocycles. The molecule has 1 saturated heterocycles. The van der Waals surface area contributed by atoms with Gasteiger partial charge in [-0.15, -0.1) is 0 Å². The number of carbonyl (C=O) groups excluding carboxylic acids is 1. The Morgan fingerprint density at radius 2 is 1.70 bits per heavy atom. The Balaban J connectivity index is 1.37. The van der Waals surface area contributed by atoms with E-state index in [2.05, 4.69) is 4.72 Å². The first kappa shape index (κ1) is 15.9. The van der Waals surface area contributed by atoms with Gasteiger partial charge in [-0.2, -0.15) is 0 Å². The van der Waals surface area contributed by atoms with Crippen molar-refractivity contribution in [2.45, 2.75) is 57.4 Å². The minimum absolute atomic E-state index is 0.106. The van der Waals surface area contributed by atoms with Crippen LogP contribution in [0, 0.1) is 23.2 Å². The van der Waals surface area contributed by atoms with Crippen LogP contribution in [0.25, 0.3) is 0 Å². The SMILES string of the molecule is CS(=O)(=O)N[C@H]1CCN(C(=O)CC23CC4CC(CC(C4)C2)C3)C1. The van der Waals surface area contributed by atoms with Gasteiger partial charge in [0.25, 0.3) is 0 Å². The van der Waals surface area contributed by atoms with E-state index < -0.39 is 10.0 Å². The van der Waals surface area contributed by atoms with E-state index >= 15 is 0 Å². The predicted octanol–water partition coefficient (Wildman–Crippen LogP) is 1.74. The summed E-state index contributed by atoms with van der Waals surface area (Å²) < 4.78 is 25.3. The highest BCUT2D eigenvalue weighted by molar-refractivity contribution is 7.88. The van der Waals surface area contributed by atoms with Crippen molar-refractivity contribution >= 4 is 15.9 Å². The molecular formula is C17H28N2O3S. The fourth-order valence-electron chi connectivity index (χ4n) is 6.32. The van der Waals surface area contributed by atoms with Gasteiger partial charge in [-0.25, -0.2) is 13.1 Å². The standard InChI is InChI=1S/C17H28N2O3S/c1-23(21,22)18-15-2-3-19(11-15)16(20)10-17-7-12-4-13(8-17)6-14(5-12)9-17/h12-15,18H,2-11H2,1H3/t12?,13?,14?,15-,17?/m0/s1. The van der Waals surface area contributed by atoms with Crippen molar-refractivity contribution in [3.63, 3.8) is 0 Å². The molecule has 4 bridgehead atoms. The van der Waals surface area contributed by atoms with Crippen LogP contribution in [0.2, 0.25) is 0 Å². The zero-order valence-electron chi connectivity index (χ0n) is 14.0. The van der Waals surface area contributed by atoms with Crippen LogP contribution in [0.1, 0.15) is 51.4 Å². The number of likely N-dealkylation sites (tertiary alicyclic amines) is 1. The Morgan fingerprint density at radius 1 is 1.13 bits per heavy atom. The van der Waals surface area contributed by atoms with E-state index in [-0.39, 0.29) is 17.4 Å². The smallest absolute Gasteiger partial charge is 0.223 e. The number of hydrogen-bond acceptors (Lipinski definition) is 3. The van der Waals surface area contributed by atoms with Crippen LogP contribution in [0.4, 0.5) is 0 Å². The molecule has 1 heterocycles. The summed E-state index contributed by atoms with van der Waals surface area (Å²) in [5, 5.41) is 0. The second kappa shape index (κ2) is 5.45. The highest BCUT2D eigenvalue weighted by Gasteiger charge is 2.51. The maximum atomic E-state index is 12.8. The number of amides is 1. The maximum absolute atomic E-state index is 12.8. The molecule has 0 unspecified atom stereocenters. The van der Waals surface area contributed by atoms with Gasteiger partial charge in [0.1, 0.15) is 0 Å². The highest BCUT2D eigenvalue weighted by Crippen LogP contribution is 2.61. The second-order valence-electron chi connectivity index (χ2n) is 8.81.